The number of carbonyl (C=O) groups is 1. The van der Waals surface area contributed by atoms with E-state index in [2.05, 4.69) is 18.8 Å². The van der Waals surface area contributed by atoms with Gasteiger partial charge in [0.25, 0.3) is 0 Å². The zero-order valence-corrected chi connectivity index (χ0v) is 13.6. The molecule has 2 aromatic rings. The summed E-state index contributed by atoms with van der Waals surface area (Å²) in [6, 6.07) is 7.66. The first-order valence-electron chi connectivity index (χ1n) is 8.03. The van der Waals surface area contributed by atoms with Crippen molar-refractivity contribution in [3.8, 4) is 16.9 Å². The Kier molecular flexibility index (Phi) is 4.44. The minimum absolute atomic E-state index is 0.00790. The number of ether oxygens (including phenoxy) is 1. The molecule has 1 aliphatic rings. The van der Waals surface area contributed by atoms with Gasteiger partial charge in [0, 0.05) is 30.4 Å². The van der Waals surface area contributed by atoms with E-state index in [-0.39, 0.29) is 11.8 Å². The van der Waals surface area contributed by atoms with Crippen LogP contribution in [0.1, 0.15) is 36.2 Å². The van der Waals surface area contributed by atoms with Crippen LogP contribution < -0.4 is 10.5 Å². The second-order valence-corrected chi connectivity index (χ2v) is 6.54. The van der Waals surface area contributed by atoms with E-state index < -0.39 is 0 Å². The van der Waals surface area contributed by atoms with Crippen LogP contribution in [0.2, 0.25) is 0 Å². The molecular formula is C19H22N2O2. The molecule has 0 saturated carbocycles. The van der Waals surface area contributed by atoms with Crippen molar-refractivity contribution in [2.45, 2.75) is 32.7 Å². The van der Waals surface area contributed by atoms with Crippen LogP contribution in [-0.2, 0) is 6.42 Å². The molecule has 1 atom stereocenters. The highest BCUT2D eigenvalue weighted by atomic mass is 16.5. The monoisotopic (exact) mass is 310 g/mol. The summed E-state index contributed by atoms with van der Waals surface area (Å²) in [4.78, 5) is 16.5. The topological polar surface area (TPSA) is 65.2 Å². The molecule has 1 aromatic carbocycles. The summed E-state index contributed by atoms with van der Waals surface area (Å²) in [5.41, 5.74) is 9.79. The van der Waals surface area contributed by atoms with Crippen LogP contribution in [0.15, 0.2) is 36.7 Å². The predicted molar refractivity (Wildman–Crippen MR) is 90.6 cm³/mol. The van der Waals surface area contributed by atoms with E-state index in [1.165, 1.54) is 0 Å². The highest BCUT2D eigenvalue weighted by Crippen LogP contribution is 2.34. The van der Waals surface area contributed by atoms with Gasteiger partial charge in [0.1, 0.15) is 12.4 Å². The largest absolute Gasteiger partial charge is 0.492 e. The van der Waals surface area contributed by atoms with Crippen LogP contribution in [0.3, 0.4) is 0 Å². The van der Waals surface area contributed by atoms with E-state index >= 15 is 0 Å². The minimum atomic E-state index is 0.00790. The maximum Gasteiger partial charge on any atom is 0.168 e. The first kappa shape index (κ1) is 15.7. The number of fused-ring (bicyclic) bond motifs is 3. The van der Waals surface area contributed by atoms with Gasteiger partial charge in [-0.05, 0) is 53.3 Å². The molecule has 1 heterocycles. The lowest BCUT2D eigenvalue weighted by Crippen LogP contribution is -2.29. The normalized spacial score (nSPS) is 14.3. The first-order valence-corrected chi connectivity index (χ1v) is 8.03. The summed E-state index contributed by atoms with van der Waals surface area (Å²) in [5, 5.41) is 0. The number of Topliss-reactive ketones (excluding diaryl/α,β-unsaturated/α-hetero) is 1. The van der Waals surface area contributed by atoms with E-state index in [0.717, 1.165) is 28.7 Å². The molecule has 0 fully saturated rings. The Labute approximate surface area is 136 Å². The Morgan fingerprint density at radius 2 is 2.04 bits per heavy atom. The maximum absolute atomic E-state index is 12.4. The van der Waals surface area contributed by atoms with Gasteiger partial charge in [-0.25, -0.2) is 0 Å². The zero-order valence-electron chi connectivity index (χ0n) is 13.6. The molecule has 0 spiro atoms. The van der Waals surface area contributed by atoms with Crippen molar-refractivity contribution in [1.82, 2.24) is 4.98 Å². The van der Waals surface area contributed by atoms with Crippen molar-refractivity contribution < 1.29 is 9.53 Å². The fraction of sp³-hybridized carbons (Fsp3) is 0.368. The Bertz CT molecular complexity index is 725. The van der Waals surface area contributed by atoms with Gasteiger partial charge in [0.15, 0.2) is 5.78 Å². The van der Waals surface area contributed by atoms with Gasteiger partial charge in [0.05, 0.1) is 0 Å². The van der Waals surface area contributed by atoms with Crippen LogP contribution in [-0.4, -0.2) is 23.4 Å². The van der Waals surface area contributed by atoms with Crippen molar-refractivity contribution in [2.24, 2.45) is 11.7 Å². The van der Waals surface area contributed by atoms with Gasteiger partial charge in [-0.15, -0.1) is 0 Å². The fourth-order valence-electron chi connectivity index (χ4n) is 3.05. The quantitative estimate of drug-likeness (QED) is 0.920. The Morgan fingerprint density at radius 1 is 1.22 bits per heavy atom. The number of benzene rings is 1. The Balaban J connectivity index is 1.80. The first-order chi connectivity index (χ1) is 11.0. The van der Waals surface area contributed by atoms with Crippen LogP contribution in [0.4, 0.5) is 0 Å². The second-order valence-electron chi connectivity index (χ2n) is 6.54. The van der Waals surface area contributed by atoms with Gasteiger partial charge in [-0.2, -0.15) is 0 Å². The third-order valence-electron chi connectivity index (χ3n) is 4.07. The Morgan fingerprint density at radius 3 is 2.83 bits per heavy atom. The van der Waals surface area contributed by atoms with Crippen LogP contribution in [0, 0.1) is 5.92 Å². The SMILES string of the molecule is CC(C)C[C@H](N)COc1ccc2c(c1)C(=O)Cc1cnccc1-2. The lowest BCUT2D eigenvalue weighted by Gasteiger charge is -2.20. The Hall–Kier alpha value is -2.20. The van der Waals surface area contributed by atoms with E-state index in [4.69, 9.17) is 10.5 Å². The molecule has 3 rings (SSSR count). The molecule has 0 saturated heterocycles. The maximum atomic E-state index is 12.4. The number of pyridine rings is 1. The number of hydrogen-bond donors (Lipinski definition) is 1. The molecular weight excluding hydrogens is 288 g/mol. The third kappa shape index (κ3) is 3.42. The van der Waals surface area contributed by atoms with Crippen molar-refractivity contribution in [2.75, 3.05) is 6.61 Å². The fourth-order valence-corrected chi connectivity index (χ4v) is 3.05. The van der Waals surface area contributed by atoms with Crippen molar-refractivity contribution >= 4 is 5.78 Å². The predicted octanol–water partition coefficient (Wildman–Crippen LogP) is 3.24. The molecule has 0 bridgehead atoms. The average Bonchev–Trinajstić information content (AvgIpc) is 2.52. The van der Waals surface area contributed by atoms with Crippen molar-refractivity contribution in [1.29, 1.82) is 0 Å². The molecule has 0 aliphatic heterocycles. The molecule has 4 nitrogen and oxygen atoms in total. The average molecular weight is 310 g/mol. The van der Waals surface area contributed by atoms with Gasteiger partial charge in [0.2, 0.25) is 0 Å². The minimum Gasteiger partial charge on any atom is -0.492 e. The number of hydrogen-bond acceptors (Lipinski definition) is 4. The van der Waals surface area contributed by atoms with Gasteiger partial charge in [-0.3, -0.25) is 9.78 Å². The molecule has 4 heteroatoms. The zero-order chi connectivity index (χ0) is 16.4. The molecule has 0 radical (unpaired) electrons. The summed E-state index contributed by atoms with van der Waals surface area (Å²) < 4.78 is 5.78. The van der Waals surface area contributed by atoms with Gasteiger partial charge < -0.3 is 10.5 Å². The van der Waals surface area contributed by atoms with E-state index in [1.807, 2.05) is 24.3 Å². The number of nitrogens with zero attached hydrogens (tertiary/aromatic N) is 1. The van der Waals surface area contributed by atoms with Crippen LogP contribution >= 0.6 is 0 Å². The highest BCUT2D eigenvalue weighted by molar-refractivity contribution is 6.07. The smallest absolute Gasteiger partial charge is 0.168 e. The molecule has 23 heavy (non-hydrogen) atoms. The van der Waals surface area contributed by atoms with Gasteiger partial charge in [-0.1, -0.05) is 13.8 Å². The number of rotatable bonds is 5. The summed E-state index contributed by atoms with van der Waals surface area (Å²) in [6.45, 7) is 4.75. The molecule has 0 amide bonds. The number of aromatic nitrogens is 1. The second kappa shape index (κ2) is 6.50. The number of nitrogens with two attached hydrogens (primary N) is 1. The molecule has 120 valence electrons. The third-order valence-corrected chi connectivity index (χ3v) is 4.07. The number of ketones is 1. The number of carbonyl (C=O) groups excluding carboxylic acids is 1. The van der Waals surface area contributed by atoms with E-state index in [1.54, 1.807) is 12.4 Å². The van der Waals surface area contributed by atoms with Crippen molar-refractivity contribution in [3.63, 3.8) is 0 Å². The van der Waals surface area contributed by atoms with Crippen molar-refractivity contribution in [3.05, 3.63) is 47.8 Å². The van der Waals surface area contributed by atoms with Crippen LogP contribution in [0.25, 0.3) is 11.1 Å². The summed E-state index contributed by atoms with van der Waals surface area (Å²) >= 11 is 0. The summed E-state index contributed by atoms with van der Waals surface area (Å²) in [7, 11) is 0. The lowest BCUT2D eigenvalue weighted by atomic mass is 9.86. The molecule has 1 aromatic heterocycles. The standard InChI is InChI=1S/C19H22N2O2/c1-12(2)7-14(20)11-23-15-3-4-17-16-5-6-21-10-13(16)8-19(22)18(17)9-15/h3-6,9-10,12,14H,7-8,11,20H2,1-2H3/t14-/m0/s1. The molecule has 2 N–H and O–H groups in total. The van der Waals surface area contributed by atoms with Gasteiger partial charge >= 0.3 is 0 Å². The summed E-state index contributed by atoms with van der Waals surface area (Å²) in [5.74, 6) is 1.36. The molecule has 1 aliphatic carbocycles. The van der Waals surface area contributed by atoms with Crippen LogP contribution in [0.5, 0.6) is 5.75 Å². The lowest BCUT2D eigenvalue weighted by molar-refractivity contribution is 0.0991. The summed E-state index contributed by atoms with van der Waals surface area (Å²) in [6.07, 6.45) is 4.84. The van der Waals surface area contributed by atoms with E-state index in [9.17, 15) is 4.79 Å². The molecule has 0 unspecified atom stereocenters. The van der Waals surface area contributed by atoms with E-state index in [0.29, 0.717) is 24.7 Å². The highest BCUT2D eigenvalue weighted by Gasteiger charge is 2.23.